The van der Waals surface area contributed by atoms with Crippen molar-refractivity contribution < 1.29 is 27.2 Å². The molecular formula is C10H13FN2O6. The summed E-state index contributed by atoms with van der Waals surface area (Å²) in [6, 6.07) is 0. The van der Waals surface area contributed by atoms with Crippen molar-refractivity contribution in [3.8, 4) is 0 Å². The van der Waals surface area contributed by atoms with Gasteiger partial charge in [0.2, 0.25) is 0 Å². The second-order valence-electron chi connectivity index (χ2n) is 4.18. The highest BCUT2D eigenvalue weighted by atomic mass is 19.2. The van der Waals surface area contributed by atoms with Crippen molar-refractivity contribution in [2.24, 2.45) is 0 Å². The van der Waals surface area contributed by atoms with Crippen molar-refractivity contribution in [2.45, 2.75) is 31.2 Å². The van der Waals surface area contributed by atoms with E-state index in [0.717, 1.165) is 6.20 Å². The Morgan fingerprint density at radius 2 is 2.26 bits per heavy atom. The number of halogens is 1. The zero-order valence-corrected chi connectivity index (χ0v) is 9.70. The SMILES string of the molecule is [2H]C([2H])(O)[C@@]1(F)O[C@@H](n2cc(C)c(=O)[nH]c2=O)[C@H](O)[C@@H]1O. The van der Waals surface area contributed by atoms with Gasteiger partial charge >= 0.3 is 5.69 Å². The third kappa shape index (κ3) is 2.10. The Balaban J connectivity index is 2.51. The fourth-order valence-electron chi connectivity index (χ4n) is 1.78. The van der Waals surface area contributed by atoms with Gasteiger partial charge in [-0.2, -0.15) is 0 Å². The Bertz CT molecular complexity index is 671. The zero-order valence-electron chi connectivity index (χ0n) is 11.7. The summed E-state index contributed by atoms with van der Waals surface area (Å²) >= 11 is 0. The summed E-state index contributed by atoms with van der Waals surface area (Å²) in [4.78, 5) is 24.8. The molecule has 1 aromatic heterocycles. The van der Waals surface area contributed by atoms with E-state index in [2.05, 4.69) is 4.74 Å². The molecule has 0 aliphatic carbocycles. The summed E-state index contributed by atoms with van der Waals surface area (Å²) in [6.07, 6.45) is -5.35. The van der Waals surface area contributed by atoms with E-state index in [9.17, 15) is 24.2 Å². The van der Waals surface area contributed by atoms with E-state index in [1.165, 1.54) is 6.92 Å². The summed E-state index contributed by atoms with van der Waals surface area (Å²) in [5.41, 5.74) is -1.71. The Hall–Kier alpha value is -1.55. The number of aryl methyl sites for hydroxylation is 1. The van der Waals surface area contributed by atoms with Crippen LogP contribution in [0.3, 0.4) is 0 Å². The van der Waals surface area contributed by atoms with E-state index >= 15 is 0 Å². The molecule has 1 saturated heterocycles. The number of nitrogens with zero attached hydrogens (tertiary/aromatic N) is 1. The summed E-state index contributed by atoms with van der Waals surface area (Å²) < 4.78 is 33.3. The topological polar surface area (TPSA) is 125 Å². The number of aliphatic hydroxyl groups is 3. The number of nitrogens with one attached hydrogen (secondary N) is 1. The lowest BCUT2D eigenvalue weighted by molar-refractivity contribution is -0.207. The second kappa shape index (κ2) is 4.53. The lowest BCUT2D eigenvalue weighted by Gasteiger charge is -2.20. The number of aliphatic hydroxyl groups excluding tert-OH is 2. The van der Waals surface area contributed by atoms with Crippen molar-refractivity contribution >= 4 is 0 Å². The summed E-state index contributed by atoms with van der Waals surface area (Å²) in [5, 5.41) is 28.4. The molecule has 0 amide bonds. The van der Waals surface area contributed by atoms with E-state index in [1.54, 1.807) is 0 Å². The van der Waals surface area contributed by atoms with Crippen LogP contribution in [-0.4, -0.2) is 49.5 Å². The molecule has 106 valence electrons. The molecule has 2 rings (SSSR count). The number of hydrogen-bond acceptors (Lipinski definition) is 6. The van der Waals surface area contributed by atoms with Gasteiger partial charge in [0, 0.05) is 11.8 Å². The number of H-pyrrole nitrogens is 1. The Kier molecular flexibility index (Phi) is 2.69. The van der Waals surface area contributed by atoms with Crippen LogP contribution in [0.4, 0.5) is 4.39 Å². The van der Waals surface area contributed by atoms with Gasteiger partial charge in [-0.15, -0.1) is 0 Å². The molecule has 1 aliphatic rings. The third-order valence-corrected chi connectivity index (χ3v) is 2.86. The van der Waals surface area contributed by atoms with Crippen LogP contribution in [0.5, 0.6) is 0 Å². The zero-order chi connectivity index (χ0) is 16.2. The minimum Gasteiger partial charge on any atom is -0.390 e. The van der Waals surface area contributed by atoms with Gasteiger partial charge < -0.3 is 20.1 Å². The lowest BCUT2D eigenvalue weighted by Crippen LogP contribution is -2.42. The first-order valence-corrected chi connectivity index (χ1v) is 5.26. The molecule has 0 aromatic carbocycles. The average molecular weight is 278 g/mol. The summed E-state index contributed by atoms with van der Waals surface area (Å²) in [6.45, 7) is -2.29. The predicted molar refractivity (Wildman–Crippen MR) is 59.1 cm³/mol. The van der Waals surface area contributed by atoms with Crippen LogP contribution in [0.1, 0.15) is 14.5 Å². The monoisotopic (exact) mass is 278 g/mol. The minimum atomic E-state index is -3.64. The van der Waals surface area contributed by atoms with E-state index in [1.807, 2.05) is 4.98 Å². The number of aromatic amines is 1. The van der Waals surface area contributed by atoms with E-state index in [-0.39, 0.29) is 5.56 Å². The highest BCUT2D eigenvalue weighted by Gasteiger charge is 2.55. The largest absolute Gasteiger partial charge is 0.390 e. The highest BCUT2D eigenvalue weighted by molar-refractivity contribution is 5.04. The van der Waals surface area contributed by atoms with Gasteiger partial charge in [0.15, 0.2) is 6.23 Å². The first-order valence-electron chi connectivity index (χ1n) is 6.26. The number of hydrogen-bond donors (Lipinski definition) is 4. The predicted octanol–water partition coefficient (Wildman–Crippen LogP) is -2.25. The van der Waals surface area contributed by atoms with Crippen molar-refractivity contribution in [2.75, 3.05) is 6.56 Å². The third-order valence-electron chi connectivity index (χ3n) is 2.86. The number of alkyl halides is 1. The van der Waals surface area contributed by atoms with Crippen LogP contribution in [0.15, 0.2) is 15.8 Å². The molecular weight excluding hydrogens is 263 g/mol. The number of rotatable bonds is 2. The van der Waals surface area contributed by atoms with Gasteiger partial charge in [-0.05, 0) is 6.92 Å². The van der Waals surface area contributed by atoms with Crippen LogP contribution in [-0.2, 0) is 4.74 Å². The normalized spacial score (nSPS) is 37.0. The van der Waals surface area contributed by atoms with Crippen LogP contribution >= 0.6 is 0 Å². The molecule has 8 nitrogen and oxygen atoms in total. The molecule has 1 fully saturated rings. The maximum absolute atomic E-state index is 14.3. The van der Waals surface area contributed by atoms with Crippen molar-refractivity contribution in [1.29, 1.82) is 0 Å². The Morgan fingerprint density at radius 3 is 2.79 bits per heavy atom. The van der Waals surface area contributed by atoms with Crippen molar-refractivity contribution in [3.63, 3.8) is 0 Å². The van der Waals surface area contributed by atoms with Gasteiger partial charge in [-0.25, -0.2) is 9.18 Å². The molecule has 1 aliphatic heterocycles. The molecule has 0 unspecified atom stereocenters. The smallest absolute Gasteiger partial charge is 0.330 e. The van der Waals surface area contributed by atoms with Crippen LogP contribution in [0.25, 0.3) is 0 Å². The van der Waals surface area contributed by atoms with Gasteiger partial charge in [0.05, 0.1) is 2.74 Å². The highest BCUT2D eigenvalue weighted by Crippen LogP contribution is 2.37. The van der Waals surface area contributed by atoms with Crippen LogP contribution in [0, 0.1) is 6.92 Å². The molecule has 2 heterocycles. The minimum absolute atomic E-state index is 0.0447. The van der Waals surface area contributed by atoms with Gasteiger partial charge in [-0.3, -0.25) is 14.3 Å². The average Bonchev–Trinajstić information content (AvgIpc) is 2.59. The van der Waals surface area contributed by atoms with E-state index < -0.39 is 42.1 Å². The molecule has 4 atom stereocenters. The first kappa shape index (κ1) is 11.3. The van der Waals surface area contributed by atoms with Crippen LogP contribution < -0.4 is 11.2 Å². The fraction of sp³-hybridized carbons (Fsp3) is 0.600. The standard InChI is InChI=1S/C10H13FN2O6/c1-4-2-13(9(18)12-7(4)17)8-5(15)6(16)10(11,3-14)19-8/h2,5-6,8,14-16H,3H2,1H3,(H,12,17,18)/t5-,6+,8-,10-/m1/s1/i3D2. The molecule has 9 heteroatoms. The second-order valence-corrected chi connectivity index (χ2v) is 4.18. The van der Waals surface area contributed by atoms with Gasteiger partial charge in [0.25, 0.3) is 11.4 Å². The lowest BCUT2D eigenvalue weighted by atomic mass is 10.1. The molecule has 0 saturated carbocycles. The maximum Gasteiger partial charge on any atom is 0.330 e. The van der Waals surface area contributed by atoms with E-state index in [4.69, 9.17) is 7.85 Å². The van der Waals surface area contributed by atoms with E-state index in [0.29, 0.717) is 4.57 Å². The molecule has 19 heavy (non-hydrogen) atoms. The number of aromatic nitrogens is 2. The molecule has 0 radical (unpaired) electrons. The van der Waals surface area contributed by atoms with Gasteiger partial charge in [-0.1, -0.05) is 0 Å². The quantitative estimate of drug-likeness (QED) is 0.484. The van der Waals surface area contributed by atoms with Crippen LogP contribution in [0.2, 0.25) is 0 Å². The van der Waals surface area contributed by atoms with Gasteiger partial charge in [0.1, 0.15) is 18.8 Å². The molecule has 0 bridgehead atoms. The maximum atomic E-state index is 14.3. The first-order chi connectivity index (χ1) is 9.49. The molecule has 1 aromatic rings. The molecule has 4 N–H and O–H groups in total. The summed E-state index contributed by atoms with van der Waals surface area (Å²) in [5.74, 6) is -3.64. The summed E-state index contributed by atoms with van der Waals surface area (Å²) in [7, 11) is 0. The Morgan fingerprint density at radius 1 is 1.63 bits per heavy atom. The van der Waals surface area contributed by atoms with Crippen molar-refractivity contribution in [3.05, 3.63) is 32.6 Å². The Labute approximate surface area is 108 Å². The van der Waals surface area contributed by atoms with Crippen molar-refractivity contribution in [1.82, 2.24) is 9.55 Å². The fourth-order valence-corrected chi connectivity index (χ4v) is 1.78. The number of ether oxygens (including phenoxy) is 1. The molecule has 0 spiro atoms.